The third-order valence-corrected chi connectivity index (χ3v) is 4.67. The van der Waals surface area contributed by atoms with Crippen LogP contribution in [0.25, 0.3) is 11.7 Å². The number of furan rings is 1. The molecule has 31 heavy (non-hydrogen) atoms. The Balaban J connectivity index is 1.49. The number of nitriles is 1. The minimum Gasteiger partial charge on any atom is -0.497 e. The third-order valence-electron chi connectivity index (χ3n) is 4.67. The fourth-order valence-corrected chi connectivity index (χ4v) is 2.97. The first-order chi connectivity index (χ1) is 15.1. The van der Waals surface area contributed by atoms with E-state index in [0.717, 1.165) is 28.3 Å². The van der Waals surface area contributed by atoms with Gasteiger partial charge < -0.3 is 23.6 Å². The Morgan fingerprint density at radius 3 is 2.58 bits per heavy atom. The van der Waals surface area contributed by atoms with Crippen LogP contribution < -0.4 is 14.8 Å². The Kier molecular flexibility index (Phi) is 5.63. The molecule has 2 aromatic carbocycles. The average molecular weight is 415 g/mol. The Hall–Kier alpha value is -4.18. The number of nitrogens with one attached hydrogen (secondary N) is 1. The van der Waals surface area contributed by atoms with Crippen molar-refractivity contribution in [1.82, 2.24) is 4.98 Å². The maximum Gasteiger partial charge on any atom is 0.266 e. The van der Waals surface area contributed by atoms with Gasteiger partial charge in [0.25, 0.3) is 5.89 Å². The summed E-state index contributed by atoms with van der Waals surface area (Å²) in [7, 11) is 1.60. The Morgan fingerprint density at radius 1 is 1.03 bits per heavy atom. The number of hydrogen-bond acceptors (Lipinski definition) is 7. The van der Waals surface area contributed by atoms with Crippen LogP contribution in [-0.4, -0.2) is 12.1 Å². The summed E-state index contributed by atoms with van der Waals surface area (Å²) in [6.07, 6.45) is 0. The van der Waals surface area contributed by atoms with E-state index in [-0.39, 0.29) is 24.1 Å². The maximum absolute atomic E-state index is 9.42. The van der Waals surface area contributed by atoms with Gasteiger partial charge in [0, 0.05) is 5.69 Å². The lowest BCUT2D eigenvalue weighted by molar-refractivity contribution is 0.269. The van der Waals surface area contributed by atoms with Gasteiger partial charge in [-0.2, -0.15) is 10.2 Å². The average Bonchev–Trinajstić information content (AvgIpc) is 3.42. The topological polar surface area (TPSA) is 93.4 Å². The molecule has 0 aliphatic carbocycles. The van der Waals surface area contributed by atoms with Gasteiger partial charge in [0.1, 0.15) is 29.9 Å². The molecule has 4 rings (SSSR count). The highest BCUT2D eigenvalue weighted by molar-refractivity contribution is 5.62. The molecule has 4 aromatic rings. The van der Waals surface area contributed by atoms with Crippen molar-refractivity contribution < 1.29 is 18.3 Å². The van der Waals surface area contributed by atoms with E-state index in [4.69, 9.17) is 18.3 Å². The summed E-state index contributed by atoms with van der Waals surface area (Å²) in [5.41, 5.74) is 3.05. The van der Waals surface area contributed by atoms with E-state index in [1.54, 1.807) is 31.4 Å². The molecule has 0 saturated heterocycles. The van der Waals surface area contributed by atoms with Crippen LogP contribution in [0.15, 0.2) is 63.4 Å². The quantitative estimate of drug-likeness (QED) is 0.410. The van der Waals surface area contributed by atoms with E-state index >= 15 is 0 Å². The number of rotatable bonds is 7. The van der Waals surface area contributed by atoms with Gasteiger partial charge >= 0.3 is 0 Å². The second-order valence-electron chi connectivity index (χ2n) is 6.99. The normalized spacial score (nSPS) is 10.5. The standard InChI is InChI=1S/C24H21N3O4/c1-15-4-5-16(2)22(12-15)29-14-19-10-11-21(30-19)24-27-20(13-25)23(31-24)26-17-6-8-18(28-3)9-7-17/h4-12,26H,14H2,1-3H3. The molecular weight excluding hydrogens is 394 g/mol. The highest BCUT2D eigenvalue weighted by Crippen LogP contribution is 2.30. The lowest BCUT2D eigenvalue weighted by Crippen LogP contribution is -1.96. The molecule has 0 atom stereocenters. The van der Waals surface area contributed by atoms with E-state index in [1.807, 2.05) is 50.2 Å². The van der Waals surface area contributed by atoms with Crippen LogP contribution in [0.3, 0.4) is 0 Å². The zero-order chi connectivity index (χ0) is 21.8. The van der Waals surface area contributed by atoms with Crippen LogP contribution in [0.4, 0.5) is 11.6 Å². The fraction of sp³-hybridized carbons (Fsp3) is 0.167. The van der Waals surface area contributed by atoms with Gasteiger partial charge in [0.2, 0.25) is 11.6 Å². The van der Waals surface area contributed by atoms with E-state index in [0.29, 0.717) is 11.5 Å². The van der Waals surface area contributed by atoms with Crippen molar-refractivity contribution in [3.05, 3.63) is 77.2 Å². The largest absolute Gasteiger partial charge is 0.497 e. The van der Waals surface area contributed by atoms with Crippen LogP contribution in [0.1, 0.15) is 22.6 Å². The molecule has 0 radical (unpaired) electrons. The third kappa shape index (κ3) is 4.54. The van der Waals surface area contributed by atoms with Crippen LogP contribution in [-0.2, 0) is 6.61 Å². The summed E-state index contributed by atoms with van der Waals surface area (Å²) in [5, 5.41) is 12.5. The van der Waals surface area contributed by atoms with Crippen LogP contribution >= 0.6 is 0 Å². The van der Waals surface area contributed by atoms with E-state index in [2.05, 4.69) is 10.3 Å². The van der Waals surface area contributed by atoms with Crippen molar-refractivity contribution in [3.8, 4) is 29.2 Å². The molecule has 0 unspecified atom stereocenters. The fourth-order valence-electron chi connectivity index (χ4n) is 2.97. The summed E-state index contributed by atoms with van der Waals surface area (Å²) in [4.78, 5) is 4.24. The highest BCUT2D eigenvalue weighted by Gasteiger charge is 2.18. The summed E-state index contributed by atoms with van der Waals surface area (Å²) in [6, 6.07) is 18.9. The maximum atomic E-state index is 9.42. The van der Waals surface area contributed by atoms with Crippen molar-refractivity contribution in [2.75, 3.05) is 12.4 Å². The molecular formula is C24H21N3O4. The predicted molar refractivity (Wildman–Crippen MR) is 115 cm³/mol. The van der Waals surface area contributed by atoms with Gasteiger partial charge in [0.05, 0.1) is 7.11 Å². The Morgan fingerprint density at radius 2 is 1.84 bits per heavy atom. The highest BCUT2D eigenvalue weighted by atomic mass is 16.5. The molecule has 0 spiro atoms. The van der Waals surface area contributed by atoms with Crippen molar-refractivity contribution in [2.45, 2.75) is 20.5 Å². The molecule has 0 aliphatic rings. The Bertz CT molecular complexity index is 1230. The number of ether oxygens (including phenoxy) is 2. The van der Waals surface area contributed by atoms with Crippen molar-refractivity contribution in [2.24, 2.45) is 0 Å². The van der Waals surface area contributed by atoms with Gasteiger partial charge in [-0.15, -0.1) is 0 Å². The van der Waals surface area contributed by atoms with Gasteiger partial charge in [-0.1, -0.05) is 12.1 Å². The molecule has 0 aliphatic heterocycles. The van der Waals surface area contributed by atoms with Crippen molar-refractivity contribution >= 4 is 11.6 Å². The van der Waals surface area contributed by atoms with Gasteiger partial charge in [-0.25, -0.2) is 0 Å². The van der Waals surface area contributed by atoms with Gasteiger partial charge in [-0.05, 0) is 67.4 Å². The first-order valence-corrected chi connectivity index (χ1v) is 9.67. The molecule has 2 heterocycles. The molecule has 7 nitrogen and oxygen atoms in total. The van der Waals surface area contributed by atoms with Gasteiger partial charge in [0.15, 0.2) is 5.76 Å². The van der Waals surface area contributed by atoms with E-state index in [9.17, 15) is 5.26 Å². The minimum atomic E-state index is 0.135. The number of hydrogen-bond donors (Lipinski definition) is 1. The number of methoxy groups -OCH3 is 1. The lowest BCUT2D eigenvalue weighted by atomic mass is 10.1. The van der Waals surface area contributed by atoms with Crippen molar-refractivity contribution in [1.29, 1.82) is 5.26 Å². The lowest BCUT2D eigenvalue weighted by Gasteiger charge is -2.08. The molecule has 0 amide bonds. The molecule has 0 saturated carbocycles. The summed E-state index contributed by atoms with van der Waals surface area (Å²) in [6.45, 7) is 4.28. The first-order valence-electron chi connectivity index (χ1n) is 9.67. The molecule has 2 aromatic heterocycles. The van der Waals surface area contributed by atoms with E-state index < -0.39 is 0 Å². The second kappa shape index (κ2) is 8.67. The Labute approximate surface area is 179 Å². The minimum absolute atomic E-state index is 0.135. The number of anilines is 2. The number of nitrogens with zero attached hydrogens (tertiary/aromatic N) is 2. The SMILES string of the molecule is COc1ccc(Nc2oc(-c3ccc(COc4cc(C)ccc4C)o3)nc2C#N)cc1. The summed E-state index contributed by atoms with van der Waals surface area (Å²) in [5.74, 6) is 3.04. The van der Waals surface area contributed by atoms with E-state index in [1.165, 1.54) is 0 Å². The molecule has 7 heteroatoms. The van der Waals surface area contributed by atoms with Crippen molar-refractivity contribution in [3.63, 3.8) is 0 Å². The van der Waals surface area contributed by atoms with Crippen LogP contribution in [0.2, 0.25) is 0 Å². The van der Waals surface area contributed by atoms with Crippen LogP contribution in [0.5, 0.6) is 11.5 Å². The summed E-state index contributed by atoms with van der Waals surface area (Å²) >= 11 is 0. The molecule has 0 fully saturated rings. The smallest absolute Gasteiger partial charge is 0.266 e. The molecule has 0 bridgehead atoms. The molecule has 1 N–H and O–H groups in total. The number of benzene rings is 2. The number of aromatic nitrogens is 1. The zero-order valence-corrected chi connectivity index (χ0v) is 17.4. The van der Waals surface area contributed by atoms with Gasteiger partial charge in [-0.3, -0.25) is 0 Å². The second-order valence-corrected chi connectivity index (χ2v) is 6.99. The molecule has 156 valence electrons. The zero-order valence-electron chi connectivity index (χ0n) is 17.4. The number of oxazole rings is 1. The number of aryl methyl sites for hydroxylation is 2. The predicted octanol–water partition coefficient (Wildman–Crippen LogP) is 5.75. The summed E-state index contributed by atoms with van der Waals surface area (Å²) < 4.78 is 22.6. The monoisotopic (exact) mass is 415 g/mol. The van der Waals surface area contributed by atoms with Crippen LogP contribution in [0, 0.1) is 25.2 Å². The first kappa shape index (κ1) is 20.1.